The molecule has 0 spiro atoms. The van der Waals surface area contributed by atoms with Crippen molar-refractivity contribution in [2.75, 3.05) is 0 Å². The number of carbonyl (C=O) groups is 2. The molecule has 0 bridgehead atoms. The van der Waals surface area contributed by atoms with Crippen LogP contribution in [0.2, 0.25) is 0 Å². The lowest BCUT2D eigenvalue weighted by Gasteiger charge is -2.11. The van der Waals surface area contributed by atoms with Gasteiger partial charge in [0.2, 0.25) is 0 Å². The summed E-state index contributed by atoms with van der Waals surface area (Å²) in [4.78, 5) is 22.9. The number of carbonyl (C=O) groups excluding carboxylic acids is 1. The molecular formula is C23H19NO4. The summed E-state index contributed by atoms with van der Waals surface area (Å²) in [5.41, 5.74) is 6.97. The number of alkyl carbamates (subject to hydrolysis) is 1. The number of amides is 1. The third kappa shape index (κ3) is 3.60. The van der Waals surface area contributed by atoms with Gasteiger partial charge >= 0.3 is 12.1 Å². The van der Waals surface area contributed by atoms with Gasteiger partial charge in [-0.05, 0) is 51.9 Å². The van der Waals surface area contributed by atoms with Crippen LogP contribution in [0.1, 0.15) is 32.6 Å². The lowest BCUT2D eigenvalue weighted by atomic mass is 10.0. The van der Waals surface area contributed by atoms with Gasteiger partial charge in [-0.3, -0.25) is 0 Å². The van der Waals surface area contributed by atoms with E-state index < -0.39 is 12.1 Å². The van der Waals surface area contributed by atoms with Gasteiger partial charge in [-0.15, -0.1) is 0 Å². The zero-order chi connectivity index (χ0) is 19.5. The minimum Gasteiger partial charge on any atom is -0.478 e. The maximum absolute atomic E-state index is 12.1. The molecular weight excluding hydrogens is 354 g/mol. The Morgan fingerprint density at radius 2 is 1.68 bits per heavy atom. The van der Waals surface area contributed by atoms with E-state index in [4.69, 9.17) is 9.84 Å². The highest BCUT2D eigenvalue weighted by molar-refractivity contribution is 5.87. The summed E-state index contributed by atoms with van der Waals surface area (Å²) in [6.45, 7) is 0.484. The molecule has 1 aliphatic carbocycles. The van der Waals surface area contributed by atoms with E-state index in [1.165, 1.54) is 34.4 Å². The first-order valence-electron chi connectivity index (χ1n) is 9.04. The molecule has 3 aromatic carbocycles. The molecule has 3 aromatic rings. The number of ether oxygens (including phenoxy) is 1. The van der Waals surface area contributed by atoms with Crippen LogP contribution in [0.4, 0.5) is 4.79 Å². The highest BCUT2D eigenvalue weighted by atomic mass is 16.5. The summed E-state index contributed by atoms with van der Waals surface area (Å²) < 4.78 is 5.39. The van der Waals surface area contributed by atoms with Crippen molar-refractivity contribution in [2.45, 2.75) is 19.6 Å². The molecule has 0 saturated carbocycles. The van der Waals surface area contributed by atoms with Crippen molar-refractivity contribution in [3.8, 4) is 11.1 Å². The Labute approximate surface area is 162 Å². The predicted octanol–water partition coefficient (Wildman–Crippen LogP) is 4.38. The predicted molar refractivity (Wildman–Crippen MR) is 105 cm³/mol. The maximum Gasteiger partial charge on any atom is 0.407 e. The Balaban J connectivity index is 1.35. The van der Waals surface area contributed by atoms with Crippen molar-refractivity contribution >= 4 is 12.1 Å². The molecule has 1 amide bonds. The smallest absolute Gasteiger partial charge is 0.407 e. The summed E-state index contributed by atoms with van der Waals surface area (Å²) in [5.74, 6) is -0.975. The summed E-state index contributed by atoms with van der Waals surface area (Å²) >= 11 is 0. The van der Waals surface area contributed by atoms with Crippen molar-refractivity contribution in [1.82, 2.24) is 5.32 Å². The molecule has 0 aromatic heterocycles. The van der Waals surface area contributed by atoms with Gasteiger partial charge in [-0.1, -0.05) is 54.6 Å². The number of rotatable bonds is 5. The molecule has 0 radical (unpaired) electrons. The van der Waals surface area contributed by atoms with E-state index in [1.807, 2.05) is 24.3 Å². The molecule has 0 heterocycles. The fourth-order valence-electron chi connectivity index (χ4n) is 3.49. The molecule has 0 aliphatic heterocycles. The molecule has 1 aliphatic rings. The first-order chi connectivity index (χ1) is 13.6. The van der Waals surface area contributed by atoms with Crippen LogP contribution in [-0.4, -0.2) is 17.2 Å². The van der Waals surface area contributed by atoms with Gasteiger partial charge in [0, 0.05) is 6.54 Å². The van der Waals surface area contributed by atoms with E-state index >= 15 is 0 Å². The number of hydrogen-bond donors (Lipinski definition) is 2. The monoisotopic (exact) mass is 373 g/mol. The van der Waals surface area contributed by atoms with Gasteiger partial charge in [-0.25, -0.2) is 9.59 Å². The number of nitrogens with one attached hydrogen (secondary N) is 1. The van der Waals surface area contributed by atoms with Gasteiger partial charge in [-0.2, -0.15) is 0 Å². The number of carboxylic acids is 1. The van der Waals surface area contributed by atoms with E-state index in [0.717, 1.165) is 17.5 Å². The van der Waals surface area contributed by atoms with Gasteiger partial charge in [0.1, 0.15) is 6.61 Å². The molecule has 28 heavy (non-hydrogen) atoms. The van der Waals surface area contributed by atoms with Crippen LogP contribution < -0.4 is 5.32 Å². The highest BCUT2D eigenvalue weighted by Gasteiger charge is 2.20. The molecule has 0 atom stereocenters. The van der Waals surface area contributed by atoms with Gasteiger partial charge < -0.3 is 15.2 Å². The van der Waals surface area contributed by atoms with Gasteiger partial charge in [0.15, 0.2) is 0 Å². The van der Waals surface area contributed by atoms with Crippen LogP contribution in [-0.2, 0) is 24.3 Å². The number of benzene rings is 3. The van der Waals surface area contributed by atoms with Gasteiger partial charge in [0.25, 0.3) is 0 Å². The van der Waals surface area contributed by atoms with E-state index in [2.05, 4.69) is 23.5 Å². The summed E-state index contributed by atoms with van der Waals surface area (Å²) in [6.07, 6.45) is 0.346. The quantitative estimate of drug-likeness (QED) is 0.544. The maximum atomic E-state index is 12.1. The van der Waals surface area contributed by atoms with Crippen molar-refractivity contribution in [3.63, 3.8) is 0 Å². The van der Waals surface area contributed by atoms with Crippen LogP contribution in [0.15, 0.2) is 66.7 Å². The van der Waals surface area contributed by atoms with E-state index in [9.17, 15) is 9.59 Å². The Morgan fingerprint density at radius 3 is 2.46 bits per heavy atom. The average Bonchev–Trinajstić information content (AvgIpc) is 3.10. The second-order valence-electron chi connectivity index (χ2n) is 6.71. The van der Waals surface area contributed by atoms with Crippen LogP contribution in [0.3, 0.4) is 0 Å². The molecule has 0 fully saturated rings. The number of fused-ring (bicyclic) bond motifs is 3. The average molecular weight is 373 g/mol. The normalized spacial score (nSPS) is 11.4. The second kappa shape index (κ2) is 7.56. The minimum atomic E-state index is -0.975. The zero-order valence-corrected chi connectivity index (χ0v) is 15.1. The van der Waals surface area contributed by atoms with Crippen molar-refractivity contribution < 1.29 is 19.4 Å². The van der Waals surface area contributed by atoms with Crippen LogP contribution in [0.25, 0.3) is 11.1 Å². The van der Waals surface area contributed by atoms with Crippen molar-refractivity contribution in [2.24, 2.45) is 0 Å². The largest absolute Gasteiger partial charge is 0.478 e. The number of hydrogen-bond acceptors (Lipinski definition) is 3. The summed E-state index contributed by atoms with van der Waals surface area (Å²) in [7, 11) is 0. The zero-order valence-electron chi connectivity index (χ0n) is 15.1. The molecule has 5 nitrogen and oxygen atoms in total. The van der Waals surface area contributed by atoms with E-state index in [1.54, 1.807) is 12.1 Å². The Kier molecular flexibility index (Phi) is 4.81. The summed E-state index contributed by atoms with van der Waals surface area (Å²) in [6, 6.07) is 20.8. The Morgan fingerprint density at radius 1 is 0.929 bits per heavy atom. The molecule has 0 saturated heterocycles. The number of aromatic carboxylic acids is 1. The topological polar surface area (TPSA) is 75.6 Å². The molecule has 4 rings (SSSR count). The lowest BCUT2D eigenvalue weighted by Crippen LogP contribution is -2.23. The third-order valence-electron chi connectivity index (χ3n) is 4.94. The third-order valence-corrected chi connectivity index (χ3v) is 4.94. The molecule has 2 N–H and O–H groups in total. The van der Waals surface area contributed by atoms with E-state index in [-0.39, 0.29) is 18.7 Å². The van der Waals surface area contributed by atoms with Crippen molar-refractivity contribution in [3.05, 3.63) is 94.5 Å². The molecule has 0 unspecified atom stereocenters. The Bertz CT molecular complexity index is 1040. The lowest BCUT2D eigenvalue weighted by molar-refractivity contribution is 0.0696. The fraction of sp³-hybridized carbons (Fsp3) is 0.130. The second-order valence-corrected chi connectivity index (χ2v) is 6.71. The van der Waals surface area contributed by atoms with Crippen LogP contribution in [0.5, 0.6) is 0 Å². The fourth-order valence-corrected chi connectivity index (χ4v) is 3.49. The highest BCUT2D eigenvalue weighted by Crippen LogP contribution is 2.38. The van der Waals surface area contributed by atoms with Crippen molar-refractivity contribution in [1.29, 1.82) is 0 Å². The minimum absolute atomic E-state index is 0.209. The van der Waals surface area contributed by atoms with E-state index in [0.29, 0.717) is 0 Å². The first-order valence-corrected chi connectivity index (χ1v) is 9.04. The molecule has 5 heteroatoms. The number of carboxylic acid groups (broad SMARTS) is 1. The van der Waals surface area contributed by atoms with Crippen LogP contribution in [0, 0.1) is 0 Å². The first kappa shape index (κ1) is 17.8. The molecule has 140 valence electrons. The van der Waals surface area contributed by atoms with Gasteiger partial charge in [0.05, 0.1) is 5.56 Å². The standard InChI is InChI=1S/C23H19NO4/c25-22(26)16-10-8-15(9-11-16)13-24-23(27)28-14-18-5-3-7-20-19-6-2-1-4-17(19)12-21(18)20/h1-11H,12-14H2,(H,24,27)(H,25,26). The summed E-state index contributed by atoms with van der Waals surface area (Å²) in [5, 5.41) is 11.6. The van der Waals surface area contributed by atoms with Crippen LogP contribution >= 0.6 is 0 Å². The Hall–Kier alpha value is -3.60. The SMILES string of the molecule is O=C(NCc1ccc(C(=O)O)cc1)OCc1cccc2c1Cc1ccccc1-2.